The molecule has 1 atom stereocenters. The van der Waals surface area contributed by atoms with Crippen molar-refractivity contribution in [3.63, 3.8) is 0 Å². The highest BCUT2D eigenvalue weighted by atomic mass is 16.2. The van der Waals surface area contributed by atoms with Crippen LogP contribution >= 0.6 is 0 Å². The number of hydrogen-bond acceptors (Lipinski definition) is 3. The molecule has 0 saturated heterocycles. The maximum Gasteiger partial charge on any atom is 0.291 e. The molecule has 5 aromatic rings. The van der Waals surface area contributed by atoms with Crippen LogP contribution in [0.25, 0.3) is 32.7 Å². The lowest BCUT2D eigenvalue weighted by Gasteiger charge is -2.19. The molecule has 0 unspecified atom stereocenters. The Balaban J connectivity index is 1.46. The molecule has 7 nitrogen and oxygen atoms in total. The summed E-state index contributed by atoms with van der Waals surface area (Å²) in [4.78, 5) is 29.7. The van der Waals surface area contributed by atoms with Gasteiger partial charge in [-0.05, 0) is 43.5 Å². The molecule has 0 aliphatic carbocycles. The number of carbonyl (C=O) groups is 1. The average molecular weight is 442 g/mol. The van der Waals surface area contributed by atoms with E-state index in [0.717, 1.165) is 28.2 Å². The van der Waals surface area contributed by atoms with Crippen molar-refractivity contribution >= 4 is 38.6 Å². The maximum absolute atomic E-state index is 13.3. The van der Waals surface area contributed by atoms with Gasteiger partial charge < -0.3 is 14.9 Å². The van der Waals surface area contributed by atoms with Gasteiger partial charge >= 0.3 is 0 Å². The molecule has 0 aliphatic heterocycles. The standard InChI is InChI=1S/C26H27N5O2/c1-4-22(25(32)27-12-11-17-14-28-21-10-9-16(2)13-19(17)21)31-23-8-6-5-7-18(23)20-15-29-30(3)26(33)24(20)31/h5-10,13-15,22,28H,4,11-12H2,1-3H3,(H,27,32)/t22-/m0/s1. The van der Waals surface area contributed by atoms with E-state index >= 15 is 0 Å². The first kappa shape index (κ1) is 21.0. The number of para-hydroxylation sites is 1. The highest BCUT2D eigenvalue weighted by Gasteiger charge is 2.25. The smallest absolute Gasteiger partial charge is 0.291 e. The predicted molar refractivity (Wildman–Crippen MR) is 132 cm³/mol. The number of nitrogens with one attached hydrogen (secondary N) is 2. The molecule has 168 valence electrons. The third kappa shape index (κ3) is 3.50. The summed E-state index contributed by atoms with van der Waals surface area (Å²) >= 11 is 0. The zero-order chi connectivity index (χ0) is 23.1. The second kappa shape index (κ2) is 8.24. The van der Waals surface area contributed by atoms with Crippen LogP contribution in [0.4, 0.5) is 0 Å². The molecule has 5 rings (SSSR count). The molecular formula is C26H27N5O2. The highest BCUT2D eigenvalue weighted by Crippen LogP contribution is 2.30. The van der Waals surface area contributed by atoms with Gasteiger partial charge in [0, 0.05) is 41.5 Å². The number of aromatic nitrogens is 4. The van der Waals surface area contributed by atoms with Crippen molar-refractivity contribution < 1.29 is 4.79 Å². The predicted octanol–water partition coefficient (Wildman–Crippen LogP) is 3.99. The van der Waals surface area contributed by atoms with Crippen LogP contribution in [0, 0.1) is 6.92 Å². The van der Waals surface area contributed by atoms with E-state index in [2.05, 4.69) is 40.5 Å². The number of fused-ring (bicyclic) bond motifs is 4. The molecule has 3 heterocycles. The minimum atomic E-state index is -0.493. The normalized spacial score (nSPS) is 12.6. The Morgan fingerprint density at radius 3 is 2.79 bits per heavy atom. The molecule has 0 fully saturated rings. The zero-order valence-electron chi connectivity index (χ0n) is 19.1. The average Bonchev–Trinajstić information content (AvgIpc) is 3.36. The minimum Gasteiger partial charge on any atom is -0.361 e. The number of carbonyl (C=O) groups excluding carboxylic acids is 1. The monoisotopic (exact) mass is 441 g/mol. The quantitative estimate of drug-likeness (QED) is 0.418. The van der Waals surface area contributed by atoms with Crippen molar-refractivity contribution in [2.45, 2.75) is 32.7 Å². The fourth-order valence-corrected chi connectivity index (χ4v) is 4.73. The topological polar surface area (TPSA) is 84.7 Å². The molecule has 0 aliphatic rings. The van der Waals surface area contributed by atoms with Gasteiger partial charge in [-0.1, -0.05) is 36.8 Å². The van der Waals surface area contributed by atoms with E-state index in [1.807, 2.05) is 42.0 Å². The van der Waals surface area contributed by atoms with Gasteiger partial charge in [-0.3, -0.25) is 9.59 Å². The fraction of sp³-hybridized carbons (Fsp3) is 0.269. The Morgan fingerprint density at radius 1 is 1.15 bits per heavy atom. The Bertz CT molecular complexity index is 1560. The van der Waals surface area contributed by atoms with Crippen molar-refractivity contribution in [1.82, 2.24) is 24.6 Å². The molecule has 0 bridgehead atoms. The highest BCUT2D eigenvalue weighted by molar-refractivity contribution is 6.08. The van der Waals surface area contributed by atoms with E-state index < -0.39 is 6.04 Å². The van der Waals surface area contributed by atoms with Gasteiger partial charge in [-0.25, -0.2) is 4.68 Å². The largest absolute Gasteiger partial charge is 0.361 e. The minimum absolute atomic E-state index is 0.0879. The SMILES string of the molecule is CC[C@@H](C(=O)NCCc1c[nH]c2ccc(C)cc12)n1c2ccccc2c2cnn(C)c(=O)c21. The Kier molecular flexibility index (Phi) is 5.24. The first-order valence-electron chi connectivity index (χ1n) is 11.3. The second-order valence-corrected chi connectivity index (χ2v) is 8.55. The summed E-state index contributed by atoms with van der Waals surface area (Å²) in [5, 5.41) is 10.2. The molecular weight excluding hydrogens is 414 g/mol. The van der Waals surface area contributed by atoms with Crippen molar-refractivity contribution in [2.24, 2.45) is 7.05 Å². The third-order valence-electron chi connectivity index (χ3n) is 6.42. The van der Waals surface area contributed by atoms with Crippen molar-refractivity contribution in [3.05, 3.63) is 76.3 Å². The molecule has 2 N–H and O–H groups in total. The van der Waals surface area contributed by atoms with Gasteiger partial charge in [0.25, 0.3) is 5.56 Å². The molecule has 7 heteroatoms. The molecule has 3 aromatic heterocycles. The van der Waals surface area contributed by atoms with Crippen LogP contribution in [-0.2, 0) is 18.3 Å². The van der Waals surface area contributed by atoms with Crippen molar-refractivity contribution in [3.8, 4) is 0 Å². The lowest BCUT2D eigenvalue weighted by atomic mass is 10.1. The summed E-state index contributed by atoms with van der Waals surface area (Å²) in [5.41, 5.74) is 4.67. The molecule has 0 spiro atoms. The molecule has 0 saturated carbocycles. The van der Waals surface area contributed by atoms with Crippen molar-refractivity contribution in [2.75, 3.05) is 6.54 Å². The summed E-state index contributed by atoms with van der Waals surface area (Å²) in [6, 6.07) is 13.6. The summed E-state index contributed by atoms with van der Waals surface area (Å²) in [6.07, 6.45) is 5.01. The van der Waals surface area contributed by atoms with E-state index in [0.29, 0.717) is 18.5 Å². The van der Waals surface area contributed by atoms with E-state index in [-0.39, 0.29) is 11.5 Å². The van der Waals surface area contributed by atoms with Gasteiger partial charge in [-0.2, -0.15) is 5.10 Å². The van der Waals surface area contributed by atoms with Crippen LogP contribution in [-0.4, -0.2) is 31.8 Å². The molecule has 0 radical (unpaired) electrons. The zero-order valence-corrected chi connectivity index (χ0v) is 19.1. The number of amides is 1. The fourth-order valence-electron chi connectivity index (χ4n) is 4.73. The molecule has 2 aromatic carbocycles. The summed E-state index contributed by atoms with van der Waals surface area (Å²) in [5.74, 6) is -0.0879. The Hall–Kier alpha value is -3.87. The number of rotatable bonds is 6. The number of H-pyrrole nitrogens is 1. The first-order chi connectivity index (χ1) is 16.0. The number of hydrogen-bond donors (Lipinski definition) is 2. The van der Waals surface area contributed by atoms with E-state index in [1.165, 1.54) is 21.2 Å². The van der Waals surface area contributed by atoms with Crippen LogP contribution in [0.5, 0.6) is 0 Å². The van der Waals surface area contributed by atoms with Crippen molar-refractivity contribution in [1.29, 1.82) is 0 Å². The number of benzene rings is 2. The number of nitrogens with zero attached hydrogens (tertiary/aromatic N) is 3. The van der Waals surface area contributed by atoms with E-state index in [9.17, 15) is 9.59 Å². The summed E-state index contributed by atoms with van der Waals surface area (Å²) < 4.78 is 3.21. The van der Waals surface area contributed by atoms with Gasteiger partial charge in [-0.15, -0.1) is 0 Å². The number of aromatic amines is 1. The molecule has 33 heavy (non-hydrogen) atoms. The van der Waals surface area contributed by atoms with Gasteiger partial charge in [0.15, 0.2) is 0 Å². The van der Waals surface area contributed by atoms with Crippen LogP contribution in [0.15, 0.2) is 59.7 Å². The lowest BCUT2D eigenvalue weighted by Crippen LogP contribution is -2.34. The number of aryl methyl sites for hydroxylation is 2. The molecule has 1 amide bonds. The van der Waals surface area contributed by atoms with E-state index in [1.54, 1.807) is 13.2 Å². The van der Waals surface area contributed by atoms with Crippen LogP contribution in [0.2, 0.25) is 0 Å². The van der Waals surface area contributed by atoms with Gasteiger partial charge in [0.2, 0.25) is 5.91 Å². The Labute approximate surface area is 191 Å². The van der Waals surface area contributed by atoms with E-state index in [4.69, 9.17) is 0 Å². The Morgan fingerprint density at radius 2 is 1.97 bits per heavy atom. The van der Waals surface area contributed by atoms with Crippen LogP contribution in [0.1, 0.15) is 30.5 Å². The third-order valence-corrected chi connectivity index (χ3v) is 6.42. The van der Waals surface area contributed by atoms with Gasteiger partial charge in [0.1, 0.15) is 11.6 Å². The summed E-state index contributed by atoms with van der Waals surface area (Å²) in [7, 11) is 1.63. The lowest BCUT2D eigenvalue weighted by molar-refractivity contribution is -0.124. The van der Waals surface area contributed by atoms with Crippen LogP contribution < -0.4 is 10.9 Å². The maximum atomic E-state index is 13.3. The first-order valence-corrected chi connectivity index (χ1v) is 11.3. The summed E-state index contributed by atoms with van der Waals surface area (Å²) in [6.45, 7) is 4.57. The van der Waals surface area contributed by atoms with Crippen LogP contribution in [0.3, 0.4) is 0 Å². The second-order valence-electron chi connectivity index (χ2n) is 8.55. The van der Waals surface area contributed by atoms with Gasteiger partial charge in [0.05, 0.1) is 11.7 Å².